The molecule has 4 rings (SSSR count). The molecule has 0 bridgehead atoms. The van der Waals surface area contributed by atoms with Crippen LogP contribution in [0, 0.1) is 5.82 Å². The molecule has 1 aliphatic heterocycles. The summed E-state index contributed by atoms with van der Waals surface area (Å²) >= 11 is 0. The van der Waals surface area contributed by atoms with Gasteiger partial charge in [-0.1, -0.05) is 0 Å². The lowest BCUT2D eigenvalue weighted by Crippen LogP contribution is -2.45. The summed E-state index contributed by atoms with van der Waals surface area (Å²) in [5, 5.41) is 13.2. The number of piperidine rings is 1. The highest BCUT2D eigenvalue weighted by atomic mass is 19.4. The largest absolute Gasteiger partial charge is 0.496 e. The molecule has 2 aromatic carbocycles. The van der Waals surface area contributed by atoms with E-state index in [1.165, 1.54) is 25.3 Å². The highest BCUT2D eigenvalue weighted by Gasteiger charge is 2.38. The lowest BCUT2D eigenvalue weighted by molar-refractivity contribution is -0.146. The van der Waals surface area contributed by atoms with Crippen molar-refractivity contribution in [1.29, 1.82) is 0 Å². The van der Waals surface area contributed by atoms with E-state index >= 15 is 0 Å². The van der Waals surface area contributed by atoms with E-state index in [-0.39, 0.29) is 17.5 Å². The van der Waals surface area contributed by atoms with Crippen molar-refractivity contribution in [2.24, 2.45) is 0 Å². The third-order valence-electron chi connectivity index (χ3n) is 5.43. The number of nitrogens with zero attached hydrogens (tertiary/aromatic N) is 5. The van der Waals surface area contributed by atoms with Crippen LogP contribution in [-0.2, 0) is 12.7 Å². The summed E-state index contributed by atoms with van der Waals surface area (Å²) in [6, 6.07) is 11.2. The zero-order valence-corrected chi connectivity index (χ0v) is 17.3. The van der Waals surface area contributed by atoms with E-state index in [1.807, 2.05) is 0 Å². The molecular formula is C21H22F4N6O. The lowest BCUT2D eigenvalue weighted by atomic mass is 10.0. The van der Waals surface area contributed by atoms with Gasteiger partial charge in [0.25, 0.3) is 5.82 Å². The van der Waals surface area contributed by atoms with Gasteiger partial charge in [0.2, 0.25) is 0 Å². The van der Waals surface area contributed by atoms with Gasteiger partial charge in [-0.3, -0.25) is 0 Å². The maximum absolute atomic E-state index is 13.2. The molecule has 0 amide bonds. The highest BCUT2D eigenvalue weighted by Crippen LogP contribution is 2.30. The summed E-state index contributed by atoms with van der Waals surface area (Å²) in [6.07, 6.45) is -2.76. The fraction of sp³-hybridized carbons (Fsp3) is 0.381. The maximum Gasteiger partial charge on any atom is 0.453 e. The molecular weight excluding hydrogens is 428 g/mol. The van der Waals surface area contributed by atoms with Gasteiger partial charge in [-0.15, -0.1) is 5.10 Å². The van der Waals surface area contributed by atoms with Gasteiger partial charge in [0.05, 0.1) is 12.8 Å². The molecule has 3 aromatic rings. The van der Waals surface area contributed by atoms with Crippen molar-refractivity contribution < 1.29 is 22.3 Å². The van der Waals surface area contributed by atoms with E-state index < -0.39 is 12.0 Å². The minimum Gasteiger partial charge on any atom is -0.496 e. The molecule has 2 heterocycles. The molecule has 170 valence electrons. The molecule has 7 nitrogen and oxygen atoms in total. The number of ether oxygens (including phenoxy) is 1. The van der Waals surface area contributed by atoms with Gasteiger partial charge >= 0.3 is 6.18 Å². The predicted molar refractivity (Wildman–Crippen MR) is 109 cm³/mol. The second-order valence-electron chi connectivity index (χ2n) is 7.55. The van der Waals surface area contributed by atoms with Crippen LogP contribution in [0.4, 0.5) is 23.2 Å². The summed E-state index contributed by atoms with van der Waals surface area (Å²) < 4.78 is 58.8. The summed E-state index contributed by atoms with van der Waals surface area (Å²) in [5.41, 5.74) is 1.83. The van der Waals surface area contributed by atoms with Gasteiger partial charge in [0.1, 0.15) is 11.6 Å². The predicted octanol–water partition coefficient (Wildman–Crippen LogP) is 3.59. The Morgan fingerprint density at radius 1 is 1.12 bits per heavy atom. The number of rotatable bonds is 6. The molecule has 0 aliphatic carbocycles. The van der Waals surface area contributed by atoms with Crippen molar-refractivity contribution in [2.75, 3.05) is 25.1 Å². The van der Waals surface area contributed by atoms with Crippen molar-refractivity contribution >= 4 is 5.69 Å². The van der Waals surface area contributed by atoms with Crippen molar-refractivity contribution in [1.82, 2.24) is 25.5 Å². The number of nitrogens with one attached hydrogen (secondary N) is 1. The fourth-order valence-corrected chi connectivity index (χ4v) is 3.86. The normalized spacial score (nSPS) is 16.9. The summed E-state index contributed by atoms with van der Waals surface area (Å²) in [5.74, 6) is -0.915. The molecule has 1 fully saturated rings. The number of alkyl halides is 3. The zero-order chi connectivity index (χ0) is 22.7. The average molecular weight is 450 g/mol. The number of hydrogen-bond donors (Lipinski definition) is 1. The van der Waals surface area contributed by atoms with Crippen LogP contribution in [0.3, 0.4) is 0 Å². The Morgan fingerprint density at radius 3 is 2.59 bits per heavy atom. The second kappa shape index (κ2) is 9.11. The number of hydrogen-bond acceptors (Lipinski definition) is 6. The van der Waals surface area contributed by atoms with Crippen LogP contribution in [0.25, 0.3) is 5.69 Å². The molecule has 32 heavy (non-hydrogen) atoms. The monoisotopic (exact) mass is 450 g/mol. The van der Waals surface area contributed by atoms with Crippen molar-refractivity contribution in [3.63, 3.8) is 0 Å². The number of aromatic nitrogens is 4. The van der Waals surface area contributed by atoms with Crippen molar-refractivity contribution in [2.45, 2.75) is 31.6 Å². The average Bonchev–Trinajstić information content (AvgIpc) is 3.29. The second-order valence-corrected chi connectivity index (χ2v) is 7.55. The first-order valence-corrected chi connectivity index (χ1v) is 10.1. The molecule has 1 aromatic heterocycles. The highest BCUT2D eigenvalue weighted by molar-refractivity contribution is 5.47. The number of tetrazole rings is 1. The van der Waals surface area contributed by atoms with Crippen LogP contribution in [-0.4, -0.2) is 46.4 Å². The Bertz CT molecular complexity index is 1050. The standard InChI is InChI=1S/C21H22F4N6O/c1-32-19-9-8-18(31-20(21(23,24)25)27-28-29-31)11-14(19)12-26-16-3-2-10-30(13-16)17-6-4-15(22)5-7-17/h4-9,11,16,26H,2-3,10,12-13H2,1H3/t16-/m0/s1. The van der Waals surface area contributed by atoms with Crippen LogP contribution in [0.15, 0.2) is 42.5 Å². The van der Waals surface area contributed by atoms with Crippen LogP contribution in [0.2, 0.25) is 0 Å². The molecule has 11 heteroatoms. The van der Waals surface area contributed by atoms with E-state index in [0.29, 0.717) is 22.5 Å². The fourth-order valence-electron chi connectivity index (χ4n) is 3.86. The third kappa shape index (κ3) is 4.82. The zero-order valence-electron chi connectivity index (χ0n) is 17.3. The van der Waals surface area contributed by atoms with Crippen LogP contribution in [0.1, 0.15) is 24.2 Å². The van der Waals surface area contributed by atoms with Gasteiger partial charge in [-0.05, 0) is 65.7 Å². The summed E-state index contributed by atoms with van der Waals surface area (Å²) in [7, 11) is 1.51. The molecule has 1 saturated heterocycles. The molecule has 0 unspecified atom stereocenters. The van der Waals surface area contributed by atoms with Gasteiger partial charge in [0, 0.05) is 36.9 Å². The minimum absolute atomic E-state index is 0.154. The Hall–Kier alpha value is -3.21. The first-order valence-electron chi connectivity index (χ1n) is 10.1. The molecule has 1 N–H and O–H groups in total. The molecule has 0 spiro atoms. The quantitative estimate of drug-likeness (QED) is 0.579. The summed E-state index contributed by atoms with van der Waals surface area (Å²) in [4.78, 5) is 2.19. The van der Waals surface area contributed by atoms with E-state index in [2.05, 4.69) is 25.7 Å². The molecule has 0 saturated carbocycles. The van der Waals surface area contributed by atoms with Crippen LogP contribution >= 0.6 is 0 Å². The number of benzene rings is 2. The van der Waals surface area contributed by atoms with Crippen LogP contribution < -0.4 is 15.0 Å². The number of anilines is 1. The van der Waals surface area contributed by atoms with Crippen LogP contribution in [0.5, 0.6) is 5.75 Å². The van der Waals surface area contributed by atoms with Gasteiger partial charge in [-0.25, -0.2) is 4.39 Å². The van der Waals surface area contributed by atoms with E-state index in [1.54, 1.807) is 24.3 Å². The van der Waals surface area contributed by atoms with E-state index in [0.717, 1.165) is 31.6 Å². The third-order valence-corrected chi connectivity index (χ3v) is 5.43. The minimum atomic E-state index is -4.67. The number of methoxy groups -OCH3 is 1. The Kier molecular flexibility index (Phi) is 6.26. The topological polar surface area (TPSA) is 68.1 Å². The van der Waals surface area contributed by atoms with E-state index in [9.17, 15) is 17.6 Å². The Balaban J connectivity index is 1.49. The first kappa shape index (κ1) is 22.0. The first-order chi connectivity index (χ1) is 15.3. The number of halogens is 4. The lowest BCUT2D eigenvalue weighted by Gasteiger charge is -2.35. The Morgan fingerprint density at radius 2 is 1.88 bits per heavy atom. The van der Waals surface area contributed by atoms with Gasteiger partial charge in [0.15, 0.2) is 0 Å². The van der Waals surface area contributed by atoms with Crippen molar-refractivity contribution in [3.05, 3.63) is 59.7 Å². The molecule has 0 radical (unpaired) electrons. The SMILES string of the molecule is COc1ccc(-n2nnnc2C(F)(F)F)cc1CN[C@H]1CCCN(c2ccc(F)cc2)C1. The maximum atomic E-state index is 13.2. The smallest absolute Gasteiger partial charge is 0.453 e. The summed E-state index contributed by atoms with van der Waals surface area (Å²) in [6.45, 7) is 2.00. The van der Waals surface area contributed by atoms with E-state index in [4.69, 9.17) is 4.74 Å². The Labute approximate surface area is 182 Å². The van der Waals surface area contributed by atoms with Gasteiger partial charge < -0.3 is 15.0 Å². The molecule has 1 atom stereocenters. The van der Waals surface area contributed by atoms with Crippen molar-refractivity contribution in [3.8, 4) is 11.4 Å². The molecule has 1 aliphatic rings. The van der Waals surface area contributed by atoms with Gasteiger partial charge in [-0.2, -0.15) is 17.9 Å².